The molecule has 4 nitrogen and oxygen atoms in total. The Balaban J connectivity index is 1.87. The standard InChI is InChI=1S/C66H102O4/c1-7-13-19-25-31-40-54-43-37-49-61(57(54)46-34-28-22-16-10-4)68-64-53-52-60(67)65(69-62-50-38-44-55(41-32-26-20-14-8-2)58(62)47-35-29-23-17-11-5)66(64)70-63-51-39-45-56(42-33-27-21-15-9-3)59(63)48-36-30-24-18-12-6/h37-39,43-45,49-53,67H,7-36,40-42,46-48H2,1-6H3. The van der Waals surface area contributed by atoms with E-state index >= 15 is 0 Å². The second-order valence-corrected chi connectivity index (χ2v) is 20.7. The van der Waals surface area contributed by atoms with Crippen molar-refractivity contribution in [3.8, 4) is 40.2 Å². The maximum Gasteiger partial charge on any atom is 0.216 e. The zero-order valence-electron chi connectivity index (χ0n) is 46.0. The van der Waals surface area contributed by atoms with Gasteiger partial charge in [0.05, 0.1) is 0 Å². The molecule has 390 valence electrons. The lowest BCUT2D eigenvalue weighted by atomic mass is 9.95. The highest BCUT2D eigenvalue weighted by Gasteiger charge is 2.25. The molecule has 4 aromatic rings. The van der Waals surface area contributed by atoms with Gasteiger partial charge in [0.15, 0.2) is 11.5 Å². The second kappa shape index (κ2) is 36.9. The summed E-state index contributed by atoms with van der Waals surface area (Å²) in [5, 5.41) is 12.1. The molecule has 4 rings (SSSR count). The molecule has 0 bridgehead atoms. The average Bonchev–Trinajstić information content (AvgIpc) is 3.37. The lowest BCUT2D eigenvalue weighted by Crippen LogP contribution is -2.04. The summed E-state index contributed by atoms with van der Waals surface area (Å²) in [5.74, 6) is 3.96. The van der Waals surface area contributed by atoms with E-state index in [0.29, 0.717) is 17.2 Å². The van der Waals surface area contributed by atoms with Crippen molar-refractivity contribution in [3.63, 3.8) is 0 Å². The molecule has 0 radical (unpaired) electrons. The number of ether oxygens (including phenoxy) is 3. The molecular weight excluding hydrogens is 857 g/mol. The van der Waals surface area contributed by atoms with E-state index in [4.69, 9.17) is 14.2 Å². The molecular formula is C66H102O4. The van der Waals surface area contributed by atoms with Gasteiger partial charge in [-0.05, 0) is 141 Å². The predicted octanol–water partition coefficient (Wildman–Crippen LogP) is 21.8. The zero-order chi connectivity index (χ0) is 49.9. The van der Waals surface area contributed by atoms with Gasteiger partial charge in [-0.25, -0.2) is 0 Å². The predicted molar refractivity (Wildman–Crippen MR) is 302 cm³/mol. The topological polar surface area (TPSA) is 47.9 Å². The number of phenolic OH excluding ortho intramolecular Hbond substituents is 1. The molecule has 0 aromatic heterocycles. The van der Waals surface area contributed by atoms with Crippen LogP contribution < -0.4 is 14.2 Å². The number of hydrogen-bond acceptors (Lipinski definition) is 4. The number of unbranched alkanes of at least 4 members (excludes halogenated alkanes) is 24. The van der Waals surface area contributed by atoms with Crippen LogP contribution in [-0.4, -0.2) is 5.11 Å². The van der Waals surface area contributed by atoms with E-state index in [0.717, 1.165) is 75.0 Å². The number of aromatic hydroxyl groups is 1. The van der Waals surface area contributed by atoms with Gasteiger partial charge in [0.1, 0.15) is 17.2 Å². The van der Waals surface area contributed by atoms with Gasteiger partial charge in [0.2, 0.25) is 11.5 Å². The summed E-state index contributed by atoms with van der Waals surface area (Å²) in [6.45, 7) is 13.7. The molecule has 0 unspecified atom stereocenters. The van der Waals surface area contributed by atoms with Crippen molar-refractivity contribution in [1.82, 2.24) is 0 Å². The number of aryl methyl sites for hydroxylation is 3. The van der Waals surface area contributed by atoms with Crippen LogP contribution in [-0.2, 0) is 38.5 Å². The smallest absolute Gasteiger partial charge is 0.216 e. The monoisotopic (exact) mass is 959 g/mol. The molecule has 0 saturated heterocycles. The summed E-state index contributed by atoms with van der Waals surface area (Å²) in [7, 11) is 0. The van der Waals surface area contributed by atoms with Gasteiger partial charge >= 0.3 is 0 Å². The molecule has 0 fully saturated rings. The van der Waals surface area contributed by atoms with Crippen LogP contribution in [0.25, 0.3) is 0 Å². The highest BCUT2D eigenvalue weighted by molar-refractivity contribution is 5.63. The fraction of sp³-hybridized carbons (Fsp3) is 0.636. The number of benzene rings is 4. The largest absolute Gasteiger partial charge is 0.504 e. The minimum atomic E-state index is 0.0615. The molecule has 70 heavy (non-hydrogen) atoms. The van der Waals surface area contributed by atoms with Crippen molar-refractivity contribution < 1.29 is 19.3 Å². The summed E-state index contributed by atoms with van der Waals surface area (Å²) in [6, 6.07) is 23.5. The van der Waals surface area contributed by atoms with E-state index in [1.807, 2.05) is 6.07 Å². The molecule has 0 aliphatic rings. The highest BCUT2D eigenvalue weighted by atomic mass is 16.5. The molecule has 4 heteroatoms. The first kappa shape index (κ1) is 58.6. The van der Waals surface area contributed by atoms with Crippen LogP contribution in [0.1, 0.15) is 268 Å². The Hall–Kier alpha value is -3.92. The Bertz CT molecular complexity index is 1960. The molecule has 0 amide bonds. The highest BCUT2D eigenvalue weighted by Crippen LogP contribution is 2.51. The van der Waals surface area contributed by atoms with Crippen LogP contribution in [0.4, 0.5) is 0 Å². The third-order valence-electron chi connectivity index (χ3n) is 14.6. The van der Waals surface area contributed by atoms with Gasteiger partial charge in [0, 0.05) is 0 Å². The normalized spacial score (nSPS) is 11.4. The fourth-order valence-electron chi connectivity index (χ4n) is 10.3. The van der Waals surface area contributed by atoms with Crippen LogP contribution in [0.2, 0.25) is 0 Å². The van der Waals surface area contributed by atoms with Gasteiger partial charge < -0.3 is 19.3 Å². The summed E-state index contributed by atoms with van der Waals surface area (Å²) >= 11 is 0. The SMILES string of the molecule is CCCCCCCc1cccc(Oc2ccc(O)c(Oc3cccc(CCCCCCC)c3CCCCCCC)c2Oc2cccc(CCCCCCC)c2CCCCCCC)c1CCCCCCC. The number of phenols is 1. The molecule has 0 heterocycles. The fourth-order valence-corrected chi connectivity index (χ4v) is 10.3. The summed E-state index contributed by atoms with van der Waals surface area (Å²) < 4.78 is 21.8. The van der Waals surface area contributed by atoms with E-state index in [9.17, 15) is 5.11 Å². The molecule has 0 aliphatic heterocycles. The Morgan fingerprint density at radius 2 is 0.557 bits per heavy atom. The van der Waals surface area contributed by atoms with Gasteiger partial charge in [-0.1, -0.05) is 232 Å². The molecule has 0 atom stereocenters. The second-order valence-electron chi connectivity index (χ2n) is 20.7. The van der Waals surface area contributed by atoms with Crippen LogP contribution in [0.3, 0.4) is 0 Å². The molecule has 1 N–H and O–H groups in total. The van der Waals surface area contributed by atoms with Crippen molar-refractivity contribution in [1.29, 1.82) is 0 Å². The van der Waals surface area contributed by atoms with Gasteiger partial charge in [0.25, 0.3) is 0 Å². The van der Waals surface area contributed by atoms with Gasteiger partial charge in [-0.15, -0.1) is 0 Å². The molecule has 4 aromatic carbocycles. The first-order valence-corrected chi connectivity index (χ1v) is 29.7. The van der Waals surface area contributed by atoms with Crippen LogP contribution >= 0.6 is 0 Å². The zero-order valence-corrected chi connectivity index (χ0v) is 46.0. The minimum absolute atomic E-state index is 0.0615. The first-order valence-electron chi connectivity index (χ1n) is 29.7. The Labute approximate surface area is 430 Å². The van der Waals surface area contributed by atoms with Crippen LogP contribution in [0.15, 0.2) is 66.7 Å². The van der Waals surface area contributed by atoms with E-state index in [2.05, 4.69) is 96.1 Å². The Morgan fingerprint density at radius 1 is 0.271 bits per heavy atom. The molecule has 0 aliphatic carbocycles. The average molecular weight is 960 g/mol. The van der Waals surface area contributed by atoms with E-state index in [-0.39, 0.29) is 5.75 Å². The van der Waals surface area contributed by atoms with Crippen LogP contribution in [0.5, 0.6) is 40.2 Å². The lowest BCUT2D eigenvalue weighted by molar-refractivity contribution is 0.358. The van der Waals surface area contributed by atoms with Crippen molar-refractivity contribution in [3.05, 3.63) is 100 Å². The van der Waals surface area contributed by atoms with Crippen molar-refractivity contribution >= 4 is 0 Å². The maximum absolute atomic E-state index is 12.1. The van der Waals surface area contributed by atoms with E-state index in [1.54, 1.807) is 6.07 Å². The third kappa shape index (κ3) is 21.4. The minimum Gasteiger partial charge on any atom is -0.504 e. The number of hydrogen-bond donors (Lipinski definition) is 1. The van der Waals surface area contributed by atoms with Crippen LogP contribution in [0, 0.1) is 0 Å². The molecule has 0 spiro atoms. The maximum atomic E-state index is 12.1. The quantitative estimate of drug-likeness (QED) is 0.0450. The first-order chi connectivity index (χ1) is 34.5. The summed E-state index contributed by atoms with van der Waals surface area (Å²) in [5.41, 5.74) is 8.00. The summed E-state index contributed by atoms with van der Waals surface area (Å²) in [6.07, 6.45) is 43.1. The van der Waals surface area contributed by atoms with Crippen molar-refractivity contribution in [2.75, 3.05) is 0 Å². The van der Waals surface area contributed by atoms with E-state index in [1.165, 1.54) is 207 Å². The number of rotatable bonds is 42. The van der Waals surface area contributed by atoms with Gasteiger partial charge in [-0.3, -0.25) is 0 Å². The lowest BCUT2D eigenvalue weighted by Gasteiger charge is -2.23. The summed E-state index contributed by atoms with van der Waals surface area (Å²) in [4.78, 5) is 0. The van der Waals surface area contributed by atoms with Gasteiger partial charge in [-0.2, -0.15) is 0 Å². The molecule has 0 saturated carbocycles. The van der Waals surface area contributed by atoms with Crippen molar-refractivity contribution in [2.24, 2.45) is 0 Å². The van der Waals surface area contributed by atoms with E-state index < -0.39 is 0 Å². The third-order valence-corrected chi connectivity index (χ3v) is 14.6. The van der Waals surface area contributed by atoms with Crippen molar-refractivity contribution in [2.45, 2.75) is 273 Å². The Morgan fingerprint density at radius 3 is 0.886 bits per heavy atom. The Kier molecular flexibility index (Phi) is 30.9.